The van der Waals surface area contributed by atoms with Crippen LogP contribution in [-0.4, -0.2) is 60.9 Å². The smallest absolute Gasteiger partial charge is 0.224 e. The Bertz CT molecular complexity index is 631. The zero-order valence-electron chi connectivity index (χ0n) is 17.3. The first-order valence-electron chi connectivity index (χ1n) is 10.8. The monoisotopic (exact) mass is 385 g/mol. The van der Waals surface area contributed by atoms with Gasteiger partial charge in [0.15, 0.2) is 5.96 Å². The van der Waals surface area contributed by atoms with Crippen molar-refractivity contribution in [3.05, 3.63) is 35.4 Å². The second kappa shape index (κ2) is 11.1. The predicted molar refractivity (Wildman–Crippen MR) is 114 cm³/mol. The Balaban J connectivity index is 1.44. The van der Waals surface area contributed by atoms with Crippen LogP contribution in [0.25, 0.3) is 0 Å². The lowest BCUT2D eigenvalue weighted by Gasteiger charge is -2.16. The van der Waals surface area contributed by atoms with Crippen molar-refractivity contribution >= 4 is 11.9 Å². The normalized spacial score (nSPS) is 17.9. The Labute approximate surface area is 169 Å². The molecule has 0 radical (unpaired) electrons. The molecule has 6 nitrogen and oxygen atoms in total. The summed E-state index contributed by atoms with van der Waals surface area (Å²) in [5.41, 5.74) is 2.58. The number of rotatable bonds is 8. The van der Waals surface area contributed by atoms with Crippen LogP contribution in [0.5, 0.6) is 0 Å². The largest absolute Gasteiger partial charge is 0.357 e. The van der Waals surface area contributed by atoms with Gasteiger partial charge >= 0.3 is 0 Å². The fraction of sp³-hybridized carbons (Fsp3) is 0.636. The minimum absolute atomic E-state index is 0.245. The molecule has 0 atom stereocenters. The van der Waals surface area contributed by atoms with Crippen molar-refractivity contribution in [1.29, 1.82) is 0 Å². The van der Waals surface area contributed by atoms with Gasteiger partial charge < -0.3 is 15.5 Å². The average molecular weight is 386 g/mol. The number of aliphatic imine (C=N–C) groups is 1. The number of nitrogens with zero attached hydrogens (tertiary/aromatic N) is 3. The molecule has 0 unspecified atom stereocenters. The van der Waals surface area contributed by atoms with E-state index in [-0.39, 0.29) is 5.91 Å². The highest BCUT2D eigenvalue weighted by Crippen LogP contribution is 2.13. The molecule has 1 aromatic carbocycles. The van der Waals surface area contributed by atoms with E-state index >= 15 is 0 Å². The summed E-state index contributed by atoms with van der Waals surface area (Å²) in [6, 6.07) is 8.79. The molecule has 2 aliphatic heterocycles. The summed E-state index contributed by atoms with van der Waals surface area (Å²) in [5, 5.41) is 6.55. The van der Waals surface area contributed by atoms with Gasteiger partial charge in [-0.05, 0) is 56.8 Å². The SMILES string of the molecule is CCNC(=NCc1ccc(CN2CCCC2)cc1)NCCC(=O)N1CCCC1. The molecule has 2 aliphatic rings. The third-order valence-corrected chi connectivity index (χ3v) is 5.48. The van der Waals surface area contributed by atoms with E-state index in [0.29, 0.717) is 19.5 Å². The Hall–Kier alpha value is -2.08. The Morgan fingerprint density at radius 1 is 0.964 bits per heavy atom. The van der Waals surface area contributed by atoms with Crippen LogP contribution in [0.2, 0.25) is 0 Å². The van der Waals surface area contributed by atoms with E-state index < -0.39 is 0 Å². The van der Waals surface area contributed by atoms with Crippen LogP contribution in [0, 0.1) is 0 Å². The third-order valence-electron chi connectivity index (χ3n) is 5.48. The van der Waals surface area contributed by atoms with Crippen LogP contribution in [0.4, 0.5) is 0 Å². The number of carbonyl (C=O) groups is 1. The van der Waals surface area contributed by atoms with Gasteiger partial charge in [-0.15, -0.1) is 0 Å². The van der Waals surface area contributed by atoms with Crippen molar-refractivity contribution in [2.24, 2.45) is 4.99 Å². The lowest BCUT2D eigenvalue weighted by Crippen LogP contribution is -2.39. The number of hydrogen-bond acceptors (Lipinski definition) is 3. The van der Waals surface area contributed by atoms with Crippen molar-refractivity contribution < 1.29 is 4.79 Å². The van der Waals surface area contributed by atoms with Gasteiger partial charge in [-0.3, -0.25) is 9.69 Å². The zero-order chi connectivity index (χ0) is 19.6. The van der Waals surface area contributed by atoms with Gasteiger partial charge in [0.25, 0.3) is 0 Å². The van der Waals surface area contributed by atoms with Gasteiger partial charge in [0, 0.05) is 39.1 Å². The molecule has 0 bridgehead atoms. The van der Waals surface area contributed by atoms with Crippen LogP contribution in [0.1, 0.15) is 50.2 Å². The van der Waals surface area contributed by atoms with E-state index in [1.54, 1.807) is 0 Å². The summed E-state index contributed by atoms with van der Waals surface area (Å²) in [4.78, 5) is 21.3. The molecule has 3 rings (SSSR count). The van der Waals surface area contributed by atoms with Crippen molar-refractivity contribution in [3.63, 3.8) is 0 Å². The lowest BCUT2D eigenvalue weighted by atomic mass is 10.1. The molecule has 2 saturated heterocycles. The van der Waals surface area contributed by atoms with Crippen LogP contribution < -0.4 is 10.6 Å². The van der Waals surface area contributed by atoms with E-state index in [4.69, 9.17) is 0 Å². The van der Waals surface area contributed by atoms with Gasteiger partial charge in [0.2, 0.25) is 5.91 Å². The van der Waals surface area contributed by atoms with E-state index in [0.717, 1.165) is 45.0 Å². The first-order chi connectivity index (χ1) is 13.7. The van der Waals surface area contributed by atoms with E-state index in [1.165, 1.54) is 37.1 Å². The number of carbonyl (C=O) groups excluding carboxylic acids is 1. The van der Waals surface area contributed by atoms with Gasteiger partial charge in [-0.1, -0.05) is 24.3 Å². The van der Waals surface area contributed by atoms with E-state index in [1.807, 2.05) is 4.90 Å². The minimum Gasteiger partial charge on any atom is -0.357 e. The summed E-state index contributed by atoms with van der Waals surface area (Å²) in [5.74, 6) is 1.02. The van der Waals surface area contributed by atoms with E-state index in [2.05, 4.69) is 51.7 Å². The Morgan fingerprint density at radius 3 is 2.29 bits per heavy atom. The third kappa shape index (κ3) is 6.51. The predicted octanol–water partition coefficient (Wildman–Crippen LogP) is 2.35. The second-order valence-corrected chi connectivity index (χ2v) is 7.76. The molecule has 2 N–H and O–H groups in total. The summed E-state index contributed by atoms with van der Waals surface area (Å²) < 4.78 is 0. The number of amides is 1. The molecular formula is C22H35N5O. The van der Waals surface area contributed by atoms with Crippen molar-refractivity contribution in [1.82, 2.24) is 20.4 Å². The second-order valence-electron chi connectivity index (χ2n) is 7.76. The van der Waals surface area contributed by atoms with Crippen LogP contribution >= 0.6 is 0 Å². The summed E-state index contributed by atoms with van der Waals surface area (Å²) in [7, 11) is 0. The van der Waals surface area contributed by atoms with Crippen LogP contribution in [-0.2, 0) is 17.9 Å². The number of guanidine groups is 1. The van der Waals surface area contributed by atoms with Crippen LogP contribution in [0.3, 0.4) is 0 Å². The topological polar surface area (TPSA) is 60.0 Å². The quantitative estimate of drug-likeness (QED) is 0.533. The highest BCUT2D eigenvalue weighted by molar-refractivity contribution is 5.81. The maximum Gasteiger partial charge on any atom is 0.224 e. The van der Waals surface area contributed by atoms with Crippen molar-refractivity contribution in [2.45, 2.75) is 52.1 Å². The standard InChI is InChI=1S/C22H35N5O/c1-2-23-22(24-12-11-21(28)27-15-5-6-16-27)25-17-19-7-9-20(10-8-19)18-26-13-3-4-14-26/h7-10H,2-6,11-18H2,1H3,(H2,23,24,25). The highest BCUT2D eigenvalue weighted by Gasteiger charge is 2.17. The molecule has 0 aromatic heterocycles. The van der Waals surface area contributed by atoms with E-state index in [9.17, 15) is 4.79 Å². The van der Waals surface area contributed by atoms with Gasteiger partial charge in [0.1, 0.15) is 0 Å². The van der Waals surface area contributed by atoms with Crippen molar-refractivity contribution in [3.8, 4) is 0 Å². The Kier molecular flexibility index (Phi) is 8.15. The zero-order valence-corrected chi connectivity index (χ0v) is 17.3. The molecule has 1 amide bonds. The first kappa shape index (κ1) is 20.6. The first-order valence-corrected chi connectivity index (χ1v) is 10.8. The molecule has 154 valence electrons. The van der Waals surface area contributed by atoms with Gasteiger partial charge in [-0.2, -0.15) is 0 Å². The molecular weight excluding hydrogens is 350 g/mol. The average Bonchev–Trinajstić information content (AvgIpc) is 3.41. The summed E-state index contributed by atoms with van der Waals surface area (Å²) in [6.45, 7) is 9.46. The summed E-state index contributed by atoms with van der Waals surface area (Å²) >= 11 is 0. The molecule has 0 aliphatic carbocycles. The fourth-order valence-electron chi connectivity index (χ4n) is 3.87. The highest BCUT2D eigenvalue weighted by atomic mass is 16.2. The molecule has 0 saturated carbocycles. The molecule has 6 heteroatoms. The molecule has 28 heavy (non-hydrogen) atoms. The van der Waals surface area contributed by atoms with Crippen molar-refractivity contribution in [2.75, 3.05) is 39.3 Å². The Morgan fingerprint density at radius 2 is 1.61 bits per heavy atom. The number of benzene rings is 1. The fourth-order valence-corrected chi connectivity index (χ4v) is 3.87. The maximum absolute atomic E-state index is 12.1. The molecule has 2 heterocycles. The number of likely N-dealkylation sites (tertiary alicyclic amines) is 2. The molecule has 0 spiro atoms. The van der Waals surface area contributed by atoms with Crippen LogP contribution in [0.15, 0.2) is 29.3 Å². The summed E-state index contributed by atoms with van der Waals surface area (Å²) in [6.07, 6.45) is 5.46. The lowest BCUT2D eigenvalue weighted by molar-refractivity contribution is -0.129. The molecule has 2 fully saturated rings. The minimum atomic E-state index is 0.245. The maximum atomic E-state index is 12.1. The van der Waals surface area contributed by atoms with Gasteiger partial charge in [-0.25, -0.2) is 4.99 Å². The van der Waals surface area contributed by atoms with Gasteiger partial charge in [0.05, 0.1) is 6.54 Å². The molecule has 1 aromatic rings. The number of nitrogens with one attached hydrogen (secondary N) is 2. The number of hydrogen-bond donors (Lipinski definition) is 2.